The van der Waals surface area contributed by atoms with Crippen molar-refractivity contribution in [2.24, 2.45) is 0 Å². The number of hydrogen-bond donors (Lipinski definition) is 0. The molecule has 152 valence electrons. The lowest BCUT2D eigenvalue weighted by atomic mass is 10.1. The number of carbonyl (C=O) groups is 1. The molecule has 0 N–H and O–H groups in total. The molecule has 0 radical (unpaired) electrons. The molecule has 3 aromatic rings. The summed E-state index contributed by atoms with van der Waals surface area (Å²) >= 11 is 1.18. The third-order valence-corrected chi connectivity index (χ3v) is 5.31. The molecule has 3 rings (SSSR count). The smallest absolute Gasteiger partial charge is 0.309 e. The molecule has 0 aliphatic heterocycles. The van der Waals surface area contributed by atoms with Gasteiger partial charge in [0.1, 0.15) is 0 Å². The Hall–Kier alpha value is -2.94. The van der Waals surface area contributed by atoms with Gasteiger partial charge in [0, 0.05) is 24.6 Å². The minimum absolute atomic E-state index is 0.127. The summed E-state index contributed by atoms with van der Waals surface area (Å²) in [5.41, 5.74) is 1.67. The van der Waals surface area contributed by atoms with Gasteiger partial charge in [-0.3, -0.25) is 14.5 Å². The minimum atomic E-state index is -4.54. The Balaban J connectivity index is 1.92. The largest absolute Gasteiger partial charge is 0.417 e. The molecule has 9 heteroatoms. The number of benzene rings is 1. The molecule has 0 unspecified atom stereocenters. The molecular formula is C20H18F3N3O2S. The summed E-state index contributed by atoms with van der Waals surface area (Å²) in [6.07, 6.45) is -3.77. The number of thiazole rings is 1. The number of nitrogens with zero attached hydrogens (tertiary/aromatic N) is 3. The van der Waals surface area contributed by atoms with E-state index in [1.807, 2.05) is 32.0 Å². The molecule has 2 aromatic heterocycles. The second kappa shape index (κ2) is 7.82. The van der Waals surface area contributed by atoms with Gasteiger partial charge < -0.3 is 4.57 Å². The van der Waals surface area contributed by atoms with Crippen LogP contribution in [0.3, 0.4) is 0 Å². The first-order valence-electron chi connectivity index (χ1n) is 8.66. The Bertz CT molecular complexity index is 1120. The van der Waals surface area contributed by atoms with Crippen LogP contribution in [0.25, 0.3) is 0 Å². The molecule has 2 heterocycles. The Kier molecular flexibility index (Phi) is 5.61. The minimum Gasteiger partial charge on any atom is -0.309 e. The summed E-state index contributed by atoms with van der Waals surface area (Å²) in [6.45, 7) is 5.18. The highest BCUT2D eigenvalue weighted by Crippen LogP contribution is 2.31. The average Bonchev–Trinajstić information content (AvgIpc) is 3.07. The molecule has 0 aliphatic carbocycles. The lowest BCUT2D eigenvalue weighted by Gasteiger charge is -2.19. The van der Waals surface area contributed by atoms with Gasteiger partial charge in [-0.25, -0.2) is 4.98 Å². The molecule has 0 saturated carbocycles. The topological polar surface area (TPSA) is 55.2 Å². The molecule has 1 amide bonds. The van der Waals surface area contributed by atoms with Gasteiger partial charge in [0.05, 0.1) is 23.5 Å². The van der Waals surface area contributed by atoms with Crippen molar-refractivity contribution in [3.63, 3.8) is 0 Å². The lowest BCUT2D eigenvalue weighted by molar-refractivity contribution is -0.138. The van der Waals surface area contributed by atoms with E-state index in [2.05, 4.69) is 4.98 Å². The first-order valence-corrected chi connectivity index (χ1v) is 9.54. The number of hydrogen-bond acceptors (Lipinski definition) is 4. The normalized spacial score (nSPS) is 11.5. The second-order valence-electron chi connectivity index (χ2n) is 6.63. The molecule has 0 atom stereocenters. The Morgan fingerprint density at radius 1 is 1.17 bits per heavy atom. The van der Waals surface area contributed by atoms with Gasteiger partial charge in [0.15, 0.2) is 5.13 Å². The van der Waals surface area contributed by atoms with Crippen LogP contribution >= 0.6 is 11.3 Å². The fourth-order valence-corrected chi connectivity index (χ4v) is 3.64. The predicted octanol–water partition coefficient (Wildman–Crippen LogP) is 4.67. The lowest BCUT2D eigenvalue weighted by Crippen LogP contribution is -2.23. The molecule has 0 aliphatic rings. The first kappa shape index (κ1) is 20.8. The Morgan fingerprint density at radius 2 is 1.90 bits per heavy atom. The van der Waals surface area contributed by atoms with E-state index in [0.717, 1.165) is 34.0 Å². The van der Waals surface area contributed by atoms with Gasteiger partial charge >= 0.3 is 6.18 Å². The maximum atomic E-state index is 12.9. The molecular weight excluding hydrogens is 403 g/mol. The van der Waals surface area contributed by atoms with Crippen molar-refractivity contribution < 1.29 is 18.0 Å². The van der Waals surface area contributed by atoms with Gasteiger partial charge in [-0.2, -0.15) is 13.2 Å². The highest BCUT2D eigenvalue weighted by Gasteiger charge is 2.31. The number of halogens is 3. The number of amides is 1. The van der Waals surface area contributed by atoms with Gasteiger partial charge in [-0.15, -0.1) is 11.3 Å². The van der Waals surface area contributed by atoms with Gasteiger partial charge in [0.25, 0.3) is 5.56 Å². The fraction of sp³-hybridized carbons (Fsp3) is 0.250. The molecule has 1 aromatic carbocycles. The zero-order valence-corrected chi connectivity index (χ0v) is 16.8. The standard InChI is InChI=1S/C20H18F3N3O2S/c1-12-4-6-17(8-13(12)2)26(14(3)27)19-24-16(11-29-19)10-25-9-15(20(21,22)23)5-7-18(25)28/h4-9,11H,10H2,1-3H3. The molecule has 29 heavy (non-hydrogen) atoms. The summed E-state index contributed by atoms with van der Waals surface area (Å²) in [6, 6.07) is 7.21. The van der Waals surface area contributed by atoms with Crippen molar-refractivity contribution in [1.29, 1.82) is 0 Å². The quantitative estimate of drug-likeness (QED) is 0.615. The molecule has 0 fully saturated rings. The van der Waals surface area contributed by atoms with E-state index in [1.54, 1.807) is 5.38 Å². The van der Waals surface area contributed by atoms with Gasteiger partial charge in [0.2, 0.25) is 5.91 Å². The van der Waals surface area contributed by atoms with E-state index in [1.165, 1.54) is 23.2 Å². The number of pyridine rings is 1. The third kappa shape index (κ3) is 4.56. The summed E-state index contributed by atoms with van der Waals surface area (Å²) < 4.78 is 39.7. The molecule has 0 bridgehead atoms. The summed E-state index contributed by atoms with van der Waals surface area (Å²) in [5.74, 6) is -0.245. The number of carbonyl (C=O) groups excluding carboxylic acids is 1. The van der Waals surface area contributed by atoms with Gasteiger partial charge in [-0.1, -0.05) is 6.07 Å². The Morgan fingerprint density at radius 3 is 2.52 bits per heavy atom. The average molecular weight is 421 g/mol. The molecule has 0 spiro atoms. The number of anilines is 2. The van der Waals surface area contributed by atoms with Crippen LogP contribution in [-0.4, -0.2) is 15.5 Å². The first-order chi connectivity index (χ1) is 13.6. The van der Waals surface area contributed by atoms with Crippen molar-refractivity contribution in [2.45, 2.75) is 33.5 Å². The monoisotopic (exact) mass is 421 g/mol. The number of aryl methyl sites for hydroxylation is 2. The van der Waals surface area contributed by atoms with Crippen molar-refractivity contribution in [2.75, 3.05) is 4.90 Å². The van der Waals surface area contributed by atoms with Crippen molar-refractivity contribution in [3.8, 4) is 0 Å². The third-order valence-electron chi connectivity index (χ3n) is 4.44. The fourth-order valence-electron chi connectivity index (χ4n) is 2.76. The zero-order valence-electron chi connectivity index (χ0n) is 15.9. The van der Waals surface area contributed by atoms with Crippen LogP contribution in [0.2, 0.25) is 0 Å². The predicted molar refractivity (Wildman–Crippen MR) is 106 cm³/mol. The maximum Gasteiger partial charge on any atom is 0.417 e. The van der Waals surface area contributed by atoms with E-state index < -0.39 is 17.3 Å². The van der Waals surface area contributed by atoms with E-state index in [9.17, 15) is 22.8 Å². The van der Waals surface area contributed by atoms with Crippen molar-refractivity contribution in [1.82, 2.24) is 9.55 Å². The summed E-state index contributed by atoms with van der Waals surface area (Å²) in [5, 5.41) is 2.01. The number of aromatic nitrogens is 2. The molecule has 5 nitrogen and oxygen atoms in total. The highest BCUT2D eigenvalue weighted by molar-refractivity contribution is 7.14. The van der Waals surface area contributed by atoms with E-state index >= 15 is 0 Å². The van der Waals surface area contributed by atoms with Gasteiger partial charge in [-0.05, 0) is 43.2 Å². The Labute approximate surface area is 169 Å². The highest BCUT2D eigenvalue weighted by atomic mass is 32.1. The van der Waals surface area contributed by atoms with Crippen LogP contribution in [-0.2, 0) is 17.5 Å². The van der Waals surface area contributed by atoms with Crippen molar-refractivity contribution >= 4 is 28.1 Å². The van der Waals surface area contributed by atoms with Crippen LogP contribution in [0.1, 0.15) is 29.3 Å². The van der Waals surface area contributed by atoms with E-state index in [4.69, 9.17) is 0 Å². The van der Waals surface area contributed by atoms with E-state index in [-0.39, 0.29) is 12.5 Å². The van der Waals surface area contributed by atoms with Crippen LogP contribution in [0.5, 0.6) is 0 Å². The second-order valence-corrected chi connectivity index (χ2v) is 7.46. The summed E-state index contributed by atoms with van der Waals surface area (Å²) in [7, 11) is 0. The van der Waals surface area contributed by atoms with Crippen LogP contribution in [0, 0.1) is 13.8 Å². The SMILES string of the molecule is CC(=O)N(c1ccc(C)c(C)c1)c1nc(Cn2cc(C(F)(F)F)ccc2=O)cs1. The summed E-state index contributed by atoms with van der Waals surface area (Å²) in [4.78, 5) is 30.0. The number of alkyl halides is 3. The van der Waals surface area contributed by atoms with E-state index in [0.29, 0.717) is 16.5 Å². The number of rotatable bonds is 4. The maximum absolute atomic E-state index is 12.9. The van der Waals surface area contributed by atoms with Crippen LogP contribution < -0.4 is 10.5 Å². The van der Waals surface area contributed by atoms with Crippen molar-refractivity contribution in [3.05, 3.63) is 74.6 Å². The zero-order chi connectivity index (χ0) is 21.3. The van der Waals surface area contributed by atoms with Crippen LogP contribution in [0.4, 0.5) is 24.0 Å². The molecule has 0 saturated heterocycles. The van der Waals surface area contributed by atoms with Crippen LogP contribution in [0.15, 0.2) is 46.7 Å².